The van der Waals surface area contributed by atoms with Crippen molar-refractivity contribution in [1.29, 1.82) is 0 Å². The summed E-state index contributed by atoms with van der Waals surface area (Å²) in [5.74, 6) is 0.128. The highest BCUT2D eigenvalue weighted by molar-refractivity contribution is 7.15. The Labute approximate surface area is 175 Å². The van der Waals surface area contributed by atoms with Gasteiger partial charge < -0.3 is 10.2 Å². The molecule has 29 heavy (non-hydrogen) atoms. The van der Waals surface area contributed by atoms with E-state index < -0.39 is 0 Å². The number of amides is 1. The van der Waals surface area contributed by atoms with Gasteiger partial charge >= 0.3 is 0 Å². The highest BCUT2D eigenvalue weighted by Gasteiger charge is 2.22. The number of anilines is 2. The summed E-state index contributed by atoms with van der Waals surface area (Å²) in [5, 5.41) is 13.1. The third kappa shape index (κ3) is 5.19. The van der Waals surface area contributed by atoms with Gasteiger partial charge in [0.1, 0.15) is 5.01 Å². The SMILES string of the molecule is Cc1ccccc1Nc1nnc(CC(=O)N2CCN(Cc3ccccc3)CC2)s1. The van der Waals surface area contributed by atoms with E-state index in [9.17, 15) is 4.79 Å². The highest BCUT2D eigenvalue weighted by atomic mass is 32.1. The van der Waals surface area contributed by atoms with Gasteiger partial charge in [-0.25, -0.2) is 0 Å². The van der Waals surface area contributed by atoms with Crippen LogP contribution in [0.15, 0.2) is 54.6 Å². The van der Waals surface area contributed by atoms with Gasteiger partial charge in [-0.3, -0.25) is 9.69 Å². The lowest BCUT2D eigenvalue weighted by Gasteiger charge is -2.34. The first-order valence-corrected chi connectivity index (χ1v) is 10.7. The Morgan fingerprint density at radius 3 is 2.48 bits per heavy atom. The molecular weight excluding hydrogens is 382 g/mol. The maximum atomic E-state index is 12.7. The standard InChI is InChI=1S/C22H25N5OS/c1-17-7-5-6-10-19(17)23-22-25-24-20(29-22)15-21(28)27-13-11-26(12-14-27)16-18-8-3-2-4-9-18/h2-10H,11-16H2,1H3,(H,23,25). The molecule has 7 heteroatoms. The van der Waals surface area contributed by atoms with Crippen molar-refractivity contribution in [2.45, 2.75) is 19.9 Å². The number of piperazine rings is 1. The van der Waals surface area contributed by atoms with Crippen LogP contribution in [0, 0.1) is 6.92 Å². The van der Waals surface area contributed by atoms with Gasteiger partial charge in [-0.15, -0.1) is 10.2 Å². The molecule has 1 N–H and O–H groups in total. The Kier molecular flexibility index (Phi) is 6.17. The molecule has 0 radical (unpaired) electrons. The number of nitrogens with zero attached hydrogens (tertiary/aromatic N) is 4. The van der Waals surface area contributed by atoms with Crippen LogP contribution >= 0.6 is 11.3 Å². The molecular formula is C22H25N5OS. The van der Waals surface area contributed by atoms with E-state index in [1.54, 1.807) is 0 Å². The Bertz CT molecular complexity index is 951. The Balaban J connectivity index is 1.27. The molecule has 1 fully saturated rings. The lowest BCUT2D eigenvalue weighted by Crippen LogP contribution is -2.48. The van der Waals surface area contributed by atoms with Crippen molar-refractivity contribution in [1.82, 2.24) is 20.0 Å². The number of benzene rings is 2. The predicted molar refractivity (Wildman–Crippen MR) is 116 cm³/mol. The summed E-state index contributed by atoms with van der Waals surface area (Å²) in [7, 11) is 0. The number of para-hydroxylation sites is 1. The minimum absolute atomic E-state index is 0.128. The number of carbonyl (C=O) groups excluding carboxylic acids is 1. The first kappa shape index (κ1) is 19.5. The summed E-state index contributed by atoms with van der Waals surface area (Å²) < 4.78 is 0. The van der Waals surface area contributed by atoms with E-state index in [0.29, 0.717) is 6.42 Å². The van der Waals surface area contributed by atoms with Gasteiger partial charge in [-0.05, 0) is 24.1 Å². The van der Waals surface area contributed by atoms with E-state index in [1.165, 1.54) is 16.9 Å². The second-order valence-electron chi connectivity index (χ2n) is 7.26. The van der Waals surface area contributed by atoms with Crippen molar-refractivity contribution in [2.75, 3.05) is 31.5 Å². The van der Waals surface area contributed by atoms with Crippen LogP contribution in [-0.2, 0) is 17.8 Å². The van der Waals surface area contributed by atoms with Crippen LogP contribution in [0.2, 0.25) is 0 Å². The molecule has 1 aliphatic rings. The maximum Gasteiger partial charge on any atom is 0.229 e. The predicted octanol–water partition coefficient (Wildman–Crippen LogP) is 3.48. The normalized spacial score (nSPS) is 14.7. The van der Waals surface area contributed by atoms with Gasteiger partial charge in [-0.1, -0.05) is 59.9 Å². The van der Waals surface area contributed by atoms with E-state index >= 15 is 0 Å². The second kappa shape index (κ2) is 9.15. The smallest absolute Gasteiger partial charge is 0.229 e. The van der Waals surface area contributed by atoms with Crippen molar-refractivity contribution in [3.05, 3.63) is 70.7 Å². The molecule has 1 amide bonds. The van der Waals surface area contributed by atoms with Crippen molar-refractivity contribution in [3.8, 4) is 0 Å². The van der Waals surface area contributed by atoms with Gasteiger partial charge in [0.2, 0.25) is 11.0 Å². The molecule has 1 aliphatic heterocycles. The minimum Gasteiger partial charge on any atom is -0.340 e. The average Bonchev–Trinajstić information content (AvgIpc) is 3.18. The van der Waals surface area contributed by atoms with E-state index in [1.807, 2.05) is 42.2 Å². The first-order valence-electron chi connectivity index (χ1n) is 9.86. The van der Waals surface area contributed by atoms with Crippen molar-refractivity contribution >= 4 is 28.1 Å². The number of rotatable bonds is 6. The molecule has 150 valence electrons. The average molecular weight is 408 g/mol. The molecule has 1 aromatic heterocycles. The van der Waals surface area contributed by atoms with Crippen LogP contribution < -0.4 is 5.32 Å². The number of aryl methyl sites for hydroxylation is 1. The number of nitrogens with one attached hydrogen (secondary N) is 1. The molecule has 4 rings (SSSR count). The summed E-state index contributed by atoms with van der Waals surface area (Å²) in [4.78, 5) is 17.0. The fraction of sp³-hybridized carbons (Fsp3) is 0.318. The lowest BCUT2D eigenvalue weighted by molar-refractivity contribution is -0.132. The van der Waals surface area contributed by atoms with Crippen LogP contribution in [0.1, 0.15) is 16.1 Å². The second-order valence-corrected chi connectivity index (χ2v) is 8.32. The molecule has 0 saturated carbocycles. The van der Waals surface area contributed by atoms with Crippen LogP contribution in [-0.4, -0.2) is 52.1 Å². The van der Waals surface area contributed by atoms with E-state index in [2.05, 4.69) is 44.7 Å². The summed E-state index contributed by atoms with van der Waals surface area (Å²) in [6.45, 7) is 6.31. The lowest BCUT2D eigenvalue weighted by atomic mass is 10.2. The monoisotopic (exact) mass is 407 g/mol. The Hall–Kier alpha value is -2.77. The molecule has 2 aromatic carbocycles. The largest absolute Gasteiger partial charge is 0.340 e. The van der Waals surface area contributed by atoms with E-state index in [0.717, 1.165) is 54.1 Å². The molecule has 2 heterocycles. The molecule has 0 aliphatic carbocycles. The van der Waals surface area contributed by atoms with E-state index in [-0.39, 0.29) is 5.91 Å². The zero-order valence-electron chi connectivity index (χ0n) is 16.5. The topological polar surface area (TPSA) is 61.4 Å². The fourth-order valence-corrected chi connectivity index (χ4v) is 4.19. The fourth-order valence-electron chi connectivity index (χ4n) is 3.44. The zero-order chi connectivity index (χ0) is 20.1. The van der Waals surface area contributed by atoms with Gasteiger partial charge in [0.25, 0.3) is 0 Å². The van der Waals surface area contributed by atoms with Crippen molar-refractivity contribution < 1.29 is 4.79 Å². The number of hydrogen-bond acceptors (Lipinski definition) is 6. The van der Waals surface area contributed by atoms with Gasteiger partial charge in [0.15, 0.2) is 0 Å². The zero-order valence-corrected chi connectivity index (χ0v) is 17.4. The van der Waals surface area contributed by atoms with Gasteiger partial charge in [-0.2, -0.15) is 0 Å². The van der Waals surface area contributed by atoms with Crippen LogP contribution in [0.3, 0.4) is 0 Å². The highest BCUT2D eigenvalue weighted by Crippen LogP contribution is 2.23. The third-order valence-electron chi connectivity index (χ3n) is 5.13. The number of hydrogen-bond donors (Lipinski definition) is 1. The molecule has 0 spiro atoms. The Morgan fingerprint density at radius 2 is 1.72 bits per heavy atom. The molecule has 0 atom stereocenters. The number of aromatic nitrogens is 2. The summed E-state index contributed by atoms with van der Waals surface area (Å²) in [6, 6.07) is 18.5. The van der Waals surface area contributed by atoms with Crippen molar-refractivity contribution in [2.24, 2.45) is 0 Å². The van der Waals surface area contributed by atoms with Gasteiger partial charge in [0, 0.05) is 38.4 Å². The summed E-state index contributed by atoms with van der Waals surface area (Å²) in [6.07, 6.45) is 0.311. The third-order valence-corrected chi connectivity index (χ3v) is 5.97. The quantitative estimate of drug-likeness (QED) is 0.678. The molecule has 6 nitrogen and oxygen atoms in total. The van der Waals surface area contributed by atoms with Crippen molar-refractivity contribution in [3.63, 3.8) is 0 Å². The molecule has 3 aromatic rings. The van der Waals surface area contributed by atoms with Crippen LogP contribution in [0.5, 0.6) is 0 Å². The summed E-state index contributed by atoms with van der Waals surface area (Å²) >= 11 is 1.44. The minimum atomic E-state index is 0.128. The van der Waals surface area contributed by atoms with E-state index in [4.69, 9.17) is 0 Å². The molecule has 0 bridgehead atoms. The first-order chi connectivity index (χ1) is 14.2. The molecule has 0 unspecified atom stereocenters. The Morgan fingerprint density at radius 1 is 1.00 bits per heavy atom. The van der Waals surface area contributed by atoms with Gasteiger partial charge in [0.05, 0.1) is 6.42 Å². The van der Waals surface area contributed by atoms with Crippen LogP contribution in [0.25, 0.3) is 0 Å². The molecule has 1 saturated heterocycles. The number of carbonyl (C=O) groups is 1. The van der Waals surface area contributed by atoms with Crippen LogP contribution in [0.4, 0.5) is 10.8 Å². The maximum absolute atomic E-state index is 12.7. The summed E-state index contributed by atoms with van der Waals surface area (Å²) in [5.41, 5.74) is 3.47.